The minimum Gasteiger partial charge on any atom is -0.476 e. The maximum atomic E-state index is 11.2. The van der Waals surface area contributed by atoms with Crippen molar-refractivity contribution in [2.75, 3.05) is 11.4 Å². The summed E-state index contributed by atoms with van der Waals surface area (Å²) in [6.45, 7) is 3.97. The molecule has 0 amide bonds. The van der Waals surface area contributed by atoms with Crippen LogP contribution in [-0.4, -0.2) is 32.2 Å². The Labute approximate surface area is 110 Å². The van der Waals surface area contributed by atoms with Gasteiger partial charge < -0.3 is 14.6 Å². The van der Waals surface area contributed by atoms with Crippen molar-refractivity contribution < 1.29 is 9.90 Å². The van der Waals surface area contributed by atoms with Crippen LogP contribution in [0.15, 0.2) is 24.5 Å². The first-order valence-electron chi connectivity index (χ1n) is 6.11. The van der Waals surface area contributed by atoms with Crippen molar-refractivity contribution in [1.29, 1.82) is 0 Å². The summed E-state index contributed by atoms with van der Waals surface area (Å²) in [7, 11) is 0. The molecule has 0 aromatic carbocycles. The number of fused-ring (bicyclic) bond motifs is 1. The maximum Gasteiger partial charge on any atom is 0.356 e. The van der Waals surface area contributed by atoms with Crippen molar-refractivity contribution in [3.63, 3.8) is 0 Å². The minimum absolute atomic E-state index is 0.158. The first-order chi connectivity index (χ1) is 9.16. The van der Waals surface area contributed by atoms with Gasteiger partial charge in [-0.25, -0.2) is 9.78 Å². The van der Waals surface area contributed by atoms with Gasteiger partial charge in [0.2, 0.25) is 0 Å². The zero-order chi connectivity index (χ0) is 13.4. The standard InChI is InChI=1S/C13H14N4O2/c1-9-15-12(13(18)19)11-8-16(5-6-17(9)11)10-3-2-4-14-7-10/h2-4,7H,5-6,8H2,1H3,(H,18,19). The molecule has 2 aromatic rings. The van der Waals surface area contributed by atoms with Crippen LogP contribution in [0.4, 0.5) is 5.69 Å². The number of anilines is 1. The SMILES string of the molecule is Cc1nc(C(=O)O)c2n1CCN(c1cccnc1)C2. The Hall–Kier alpha value is -2.37. The van der Waals surface area contributed by atoms with Gasteiger partial charge in [0.15, 0.2) is 5.69 Å². The van der Waals surface area contributed by atoms with E-state index in [0.29, 0.717) is 6.54 Å². The molecule has 6 heteroatoms. The average molecular weight is 258 g/mol. The lowest BCUT2D eigenvalue weighted by atomic mass is 10.2. The van der Waals surface area contributed by atoms with E-state index in [1.165, 1.54) is 0 Å². The van der Waals surface area contributed by atoms with Gasteiger partial charge in [0.05, 0.1) is 24.1 Å². The lowest BCUT2D eigenvalue weighted by Gasteiger charge is -2.30. The Kier molecular flexibility index (Phi) is 2.70. The van der Waals surface area contributed by atoms with Crippen LogP contribution >= 0.6 is 0 Å². The molecule has 0 saturated heterocycles. The van der Waals surface area contributed by atoms with Crippen LogP contribution in [0.3, 0.4) is 0 Å². The van der Waals surface area contributed by atoms with E-state index in [4.69, 9.17) is 0 Å². The van der Waals surface area contributed by atoms with Crippen LogP contribution in [-0.2, 0) is 13.1 Å². The number of nitrogens with zero attached hydrogens (tertiary/aromatic N) is 4. The van der Waals surface area contributed by atoms with Crippen molar-refractivity contribution in [2.45, 2.75) is 20.0 Å². The molecule has 6 nitrogen and oxygen atoms in total. The molecule has 2 aromatic heterocycles. The van der Waals surface area contributed by atoms with Gasteiger partial charge in [0.1, 0.15) is 5.82 Å². The topological polar surface area (TPSA) is 71.2 Å². The average Bonchev–Trinajstić information content (AvgIpc) is 2.77. The molecule has 0 spiro atoms. The van der Waals surface area contributed by atoms with E-state index in [1.807, 2.05) is 23.6 Å². The highest BCUT2D eigenvalue weighted by atomic mass is 16.4. The fourth-order valence-corrected chi connectivity index (χ4v) is 2.48. The number of carboxylic acids is 1. The molecule has 0 fully saturated rings. The van der Waals surface area contributed by atoms with E-state index >= 15 is 0 Å². The summed E-state index contributed by atoms with van der Waals surface area (Å²) in [4.78, 5) is 21.6. The van der Waals surface area contributed by atoms with Crippen molar-refractivity contribution in [2.24, 2.45) is 0 Å². The molecular formula is C13H14N4O2. The summed E-state index contributed by atoms with van der Waals surface area (Å²) in [5.41, 5.74) is 1.93. The summed E-state index contributed by atoms with van der Waals surface area (Å²) in [5, 5.41) is 9.20. The number of pyridine rings is 1. The third-order valence-corrected chi connectivity index (χ3v) is 3.41. The van der Waals surface area contributed by atoms with Crippen LogP contribution in [0.1, 0.15) is 22.0 Å². The molecule has 1 aliphatic heterocycles. The number of rotatable bonds is 2. The minimum atomic E-state index is -0.968. The van der Waals surface area contributed by atoms with Gasteiger partial charge in [-0.3, -0.25) is 4.98 Å². The predicted molar refractivity (Wildman–Crippen MR) is 69.2 cm³/mol. The van der Waals surface area contributed by atoms with E-state index < -0.39 is 5.97 Å². The highest BCUT2D eigenvalue weighted by Gasteiger charge is 2.25. The molecule has 1 aliphatic rings. The van der Waals surface area contributed by atoms with Gasteiger partial charge in [0.25, 0.3) is 0 Å². The van der Waals surface area contributed by atoms with Crippen molar-refractivity contribution in [3.8, 4) is 0 Å². The van der Waals surface area contributed by atoms with E-state index in [9.17, 15) is 9.90 Å². The molecule has 0 radical (unpaired) electrons. The van der Waals surface area contributed by atoms with Crippen LogP contribution in [0.2, 0.25) is 0 Å². The molecule has 0 atom stereocenters. The zero-order valence-corrected chi connectivity index (χ0v) is 10.6. The molecule has 0 saturated carbocycles. The molecule has 0 bridgehead atoms. The Morgan fingerprint density at radius 1 is 1.42 bits per heavy atom. The van der Waals surface area contributed by atoms with Crippen LogP contribution in [0, 0.1) is 6.92 Å². The molecular weight excluding hydrogens is 244 g/mol. The van der Waals surface area contributed by atoms with Crippen LogP contribution in [0.5, 0.6) is 0 Å². The Bertz CT molecular complexity index is 621. The number of aromatic carboxylic acids is 1. The van der Waals surface area contributed by atoms with Gasteiger partial charge in [0, 0.05) is 19.3 Å². The van der Waals surface area contributed by atoms with Crippen molar-refractivity contribution >= 4 is 11.7 Å². The smallest absolute Gasteiger partial charge is 0.356 e. The Morgan fingerprint density at radius 2 is 2.26 bits per heavy atom. The molecule has 0 unspecified atom stereocenters. The fourth-order valence-electron chi connectivity index (χ4n) is 2.48. The molecule has 1 N–H and O–H groups in total. The lowest BCUT2D eigenvalue weighted by Crippen LogP contribution is -2.34. The third-order valence-electron chi connectivity index (χ3n) is 3.41. The number of carbonyl (C=O) groups is 1. The summed E-state index contributed by atoms with van der Waals surface area (Å²) in [6.07, 6.45) is 3.52. The summed E-state index contributed by atoms with van der Waals surface area (Å²) >= 11 is 0. The predicted octanol–water partition coefficient (Wildman–Crippen LogP) is 1.30. The van der Waals surface area contributed by atoms with Gasteiger partial charge in [-0.1, -0.05) is 0 Å². The van der Waals surface area contributed by atoms with E-state index in [0.717, 1.165) is 30.3 Å². The molecule has 3 heterocycles. The molecule has 98 valence electrons. The van der Waals surface area contributed by atoms with Gasteiger partial charge in [-0.15, -0.1) is 0 Å². The van der Waals surface area contributed by atoms with E-state index in [-0.39, 0.29) is 5.69 Å². The summed E-state index contributed by atoms with van der Waals surface area (Å²) in [6, 6.07) is 3.86. The Balaban J connectivity index is 1.97. The molecule has 3 rings (SSSR count). The molecule has 0 aliphatic carbocycles. The number of carboxylic acid groups (broad SMARTS) is 1. The van der Waals surface area contributed by atoms with Gasteiger partial charge >= 0.3 is 5.97 Å². The second-order valence-electron chi connectivity index (χ2n) is 4.54. The number of hydrogen-bond acceptors (Lipinski definition) is 4. The quantitative estimate of drug-likeness (QED) is 0.879. The Morgan fingerprint density at radius 3 is 2.95 bits per heavy atom. The lowest BCUT2D eigenvalue weighted by molar-refractivity contribution is 0.0689. The fraction of sp³-hybridized carbons (Fsp3) is 0.308. The summed E-state index contributed by atoms with van der Waals surface area (Å²) < 4.78 is 1.98. The second-order valence-corrected chi connectivity index (χ2v) is 4.54. The third kappa shape index (κ3) is 1.95. The number of imidazole rings is 1. The second kappa shape index (κ2) is 4.38. The van der Waals surface area contributed by atoms with E-state index in [1.54, 1.807) is 12.4 Å². The molecule has 19 heavy (non-hydrogen) atoms. The van der Waals surface area contributed by atoms with Crippen molar-refractivity contribution in [1.82, 2.24) is 14.5 Å². The highest BCUT2D eigenvalue weighted by Crippen LogP contribution is 2.23. The number of aryl methyl sites for hydroxylation is 1. The largest absolute Gasteiger partial charge is 0.476 e. The normalized spacial score (nSPS) is 14.3. The first kappa shape index (κ1) is 11.7. The van der Waals surface area contributed by atoms with Crippen LogP contribution < -0.4 is 4.90 Å². The summed E-state index contributed by atoms with van der Waals surface area (Å²) in [5.74, 6) is -0.205. The first-order valence-corrected chi connectivity index (χ1v) is 6.11. The highest BCUT2D eigenvalue weighted by molar-refractivity contribution is 5.87. The van der Waals surface area contributed by atoms with E-state index in [2.05, 4.69) is 14.9 Å². The van der Waals surface area contributed by atoms with Crippen molar-refractivity contribution in [3.05, 3.63) is 41.7 Å². The number of aromatic nitrogens is 3. The van der Waals surface area contributed by atoms with Gasteiger partial charge in [-0.05, 0) is 19.1 Å². The van der Waals surface area contributed by atoms with Crippen LogP contribution in [0.25, 0.3) is 0 Å². The monoisotopic (exact) mass is 258 g/mol. The zero-order valence-electron chi connectivity index (χ0n) is 10.6. The van der Waals surface area contributed by atoms with Gasteiger partial charge in [-0.2, -0.15) is 0 Å². The number of hydrogen-bond donors (Lipinski definition) is 1. The maximum absolute atomic E-state index is 11.2.